The zero-order valence-electron chi connectivity index (χ0n) is 11.4. The number of hydrogen-bond donors (Lipinski definition) is 2. The molecule has 0 spiro atoms. The van der Waals surface area contributed by atoms with Crippen LogP contribution in [0, 0.1) is 0 Å². The van der Waals surface area contributed by atoms with E-state index < -0.39 is 16.0 Å². The number of hydrogen-bond acceptors (Lipinski definition) is 5. The first-order chi connectivity index (χ1) is 9.35. The molecular weight excluding hydrogens is 302 g/mol. The molecule has 1 aromatic rings. The molecule has 114 valence electrons. The lowest BCUT2D eigenvalue weighted by Gasteiger charge is -2.12. The fourth-order valence-electron chi connectivity index (χ4n) is 1.48. The Morgan fingerprint density at radius 1 is 1.60 bits per heavy atom. The highest BCUT2D eigenvalue weighted by Crippen LogP contribution is 2.10. The monoisotopic (exact) mass is 321 g/mol. The summed E-state index contributed by atoms with van der Waals surface area (Å²) in [5, 5.41) is 12.4. The molecule has 7 nitrogen and oxygen atoms in total. The Bertz CT molecular complexity index is 542. The van der Waals surface area contributed by atoms with Crippen molar-refractivity contribution in [3.63, 3.8) is 0 Å². The van der Waals surface area contributed by atoms with Gasteiger partial charge < -0.3 is 5.11 Å². The molecule has 20 heavy (non-hydrogen) atoms. The summed E-state index contributed by atoms with van der Waals surface area (Å²) in [7, 11) is -3.60. The summed E-state index contributed by atoms with van der Waals surface area (Å²) < 4.78 is 28.0. The van der Waals surface area contributed by atoms with E-state index in [0.29, 0.717) is 5.75 Å². The van der Waals surface area contributed by atoms with Crippen molar-refractivity contribution in [2.75, 3.05) is 11.5 Å². The van der Waals surface area contributed by atoms with Gasteiger partial charge in [0.25, 0.3) is 0 Å². The van der Waals surface area contributed by atoms with E-state index in [2.05, 4.69) is 9.82 Å². The molecule has 0 amide bonds. The Morgan fingerprint density at radius 3 is 2.90 bits per heavy atom. The topological polar surface area (TPSA) is 101 Å². The molecule has 1 unspecified atom stereocenters. The second-order valence-corrected chi connectivity index (χ2v) is 7.30. The smallest absolute Gasteiger partial charge is 0.305 e. The number of thioether (sulfide) groups is 1. The predicted octanol–water partition coefficient (Wildman–Crippen LogP) is 0.778. The van der Waals surface area contributed by atoms with Gasteiger partial charge >= 0.3 is 5.97 Å². The number of aromatic nitrogens is 2. The Hall–Kier alpha value is -1.06. The molecule has 1 atom stereocenters. The summed E-state index contributed by atoms with van der Waals surface area (Å²) in [6, 6.07) is -0.174. The normalized spacial score (nSPS) is 13.3. The van der Waals surface area contributed by atoms with E-state index in [0.717, 1.165) is 5.75 Å². The molecule has 0 aliphatic rings. The number of carbonyl (C=O) groups is 1. The average Bonchev–Trinajstić information content (AvgIpc) is 2.83. The van der Waals surface area contributed by atoms with Gasteiger partial charge in [-0.1, -0.05) is 6.92 Å². The highest BCUT2D eigenvalue weighted by Gasteiger charge is 2.19. The maximum absolute atomic E-state index is 12.1. The van der Waals surface area contributed by atoms with E-state index in [1.165, 1.54) is 17.1 Å². The van der Waals surface area contributed by atoms with Gasteiger partial charge in [-0.15, -0.1) is 0 Å². The Balaban J connectivity index is 2.65. The standard InChI is InChI=1S/C11H19N3O4S2/c1-3-19-8-9(2)13-20(17,18)10-6-12-14(7-10)5-4-11(15)16/h6-7,9,13H,3-5,8H2,1-2H3,(H,15,16). The van der Waals surface area contributed by atoms with Crippen molar-refractivity contribution in [1.29, 1.82) is 0 Å². The van der Waals surface area contributed by atoms with E-state index in [-0.39, 0.29) is 23.9 Å². The lowest BCUT2D eigenvalue weighted by molar-refractivity contribution is -0.137. The third-order valence-corrected chi connectivity index (χ3v) is 5.09. The van der Waals surface area contributed by atoms with Crippen LogP contribution >= 0.6 is 11.8 Å². The van der Waals surface area contributed by atoms with Crippen molar-refractivity contribution in [2.24, 2.45) is 0 Å². The number of carboxylic acids is 1. The van der Waals surface area contributed by atoms with Crippen molar-refractivity contribution in [1.82, 2.24) is 14.5 Å². The number of aryl methyl sites for hydroxylation is 1. The molecule has 0 aromatic carbocycles. The number of sulfonamides is 1. The minimum Gasteiger partial charge on any atom is -0.481 e. The molecule has 0 aliphatic carbocycles. The molecule has 1 aromatic heterocycles. The second kappa shape index (κ2) is 7.65. The molecule has 9 heteroatoms. The van der Waals surface area contributed by atoms with Crippen LogP contribution in [0.2, 0.25) is 0 Å². The molecule has 0 saturated carbocycles. The average molecular weight is 321 g/mol. The van der Waals surface area contributed by atoms with Crippen LogP contribution in [0.25, 0.3) is 0 Å². The van der Waals surface area contributed by atoms with E-state index >= 15 is 0 Å². The Kier molecular flexibility index (Phi) is 6.50. The summed E-state index contributed by atoms with van der Waals surface area (Å²) in [4.78, 5) is 10.5. The van der Waals surface area contributed by atoms with Crippen LogP contribution in [0.1, 0.15) is 20.3 Å². The summed E-state index contributed by atoms with van der Waals surface area (Å²) in [6.07, 6.45) is 2.47. The van der Waals surface area contributed by atoms with Gasteiger partial charge in [0.1, 0.15) is 4.90 Å². The maximum atomic E-state index is 12.1. The van der Waals surface area contributed by atoms with Crippen LogP contribution in [-0.4, -0.2) is 46.8 Å². The van der Waals surface area contributed by atoms with Crippen LogP contribution in [0.4, 0.5) is 0 Å². The highest BCUT2D eigenvalue weighted by molar-refractivity contribution is 7.99. The summed E-state index contributed by atoms with van der Waals surface area (Å²) >= 11 is 1.66. The molecule has 1 rings (SSSR count). The maximum Gasteiger partial charge on any atom is 0.305 e. The van der Waals surface area contributed by atoms with Crippen LogP contribution < -0.4 is 4.72 Å². The first-order valence-corrected chi connectivity index (χ1v) is 8.83. The third-order valence-electron chi connectivity index (χ3n) is 2.40. The largest absolute Gasteiger partial charge is 0.481 e. The summed E-state index contributed by atoms with van der Waals surface area (Å²) in [6.45, 7) is 3.96. The molecule has 1 heterocycles. The van der Waals surface area contributed by atoms with Crippen molar-refractivity contribution in [3.8, 4) is 0 Å². The van der Waals surface area contributed by atoms with Crippen LogP contribution in [0.15, 0.2) is 17.3 Å². The SMILES string of the molecule is CCSCC(C)NS(=O)(=O)c1cnn(CCC(=O)O)c1. The van der Waals surface area contributed by atoms with Crippen LogP contribution in [0.5, 0.6) is 0 Å². The van der Waals surface area contributed by atoms with Gasteiger partial charge in [-0.25, -0.2) is 13.1 Å². The molecule has 0 fully saturated rings. The summed E-state index contributed by atoms with van der Waals surface area (Å²) in [5.41, 5.74) is 0. The first kappa shape index (κ1) is 17.0. The van der Waals surface area contributed by atoms with E-state index in [1.807, 2.05) is 6.92 Å². The fourth-order valence-corrected chi connectivity index (χ4v) is 3.45. The van der Waals surface area contributed by atoms with Gasteiger partial charge in [0.15, 0.2) is 0 Å². The molecule has 0 radical (unpaired) electrons. The Labute approximate surface area is 122 Å². The predicted molar refractivity (Wildman–Crippen MR) is 77.3 cm³/mol. The molecule has 0 bridgehead atoms. The van der Waals surface area contributed by atoms with E-state index in [1.54, 1.807) is 18.7 Å². The van der Waals surface area contributed by atoms with Gasteiger partial charge in [-0.05, 0) is 12.7 Å². The highest BCUT2D eigenvalue weighted by atomic mass is 32.2. The fraction of sp³-hybridized carbons (Fsp3) is 0.636. The molecular formula is C11H19N3O4S2. The van der Waals surface area contributed by atoms with Gasteiger partial charge in [-0.3, -0.25) is 9.48 Å². The van der Waals surface area contributed by atoms with E-state index in [4.69, 9.17) is 5.11 Å². The molecule has 0 saturated heterocycles. The van der Waals surface area contributed by atoms with E-state index in [9.17, 15) is 13.2 Å². The zero-order valence-corrected chi connectivity index (χ0v) is 13.1. The third kappa shape index (κ3) is 5.51. The van der Waals surface area contributed by atoms with Gasteiger partial charge in [-0.2, -0.15) is 16.9 Å². The van der Waals surface area contributed by atoms with Crippen molar-refractivity contribution in [2.45, 2.75) is 37.8 Å². The van der Waals surface area contributed by atoms with Crippen molar-refractivity contribution in [3.05, 3.63) is 12.4 Å². The lowest BCUT2D eigenvalue weighted by Crippen LogP contribution is -2.34. The van der Waals surface area contributed by atoms with Crippen molar-refractivity contribution < 1.29 is 18.3 Å². The number of nitrogens with zero attached hydrogens (tertiary/aromatic N) is 2. The van der Waals surface area contributed by atoms with Gasteiger partial charge in [0.2, 0.25) is 10.0 Å². The molecule has 2 N–H and O–H groups in total. The first-order valence-electron chi connectivity index (χ1n) is 6.19. The Morgan fingerprint density at radius 2 is 2.30 bits per heavy atom. The number of carboxylic acid groups (broad SMARTS) is 1. The zero-order chi connectivity index (χ0) is 15.2. The second-order valence-electron chi connectivity index (χ2n) is 4.26. The van der Waals surface area contributed by atoms with Gasteiger partial charge in [0.05, 0.1) is 19.2 Å². The lowest BCUT2D eigenvalue weighted by atomic mass is 10.4. The summed E-state index contributed by atoms with van der Waals surface area (Å²) in [5.74, 6) is 0.676. The molecule has 0 aliphatic heterocycles. The quantitative estimate of drug-likeness (QED) is 0.697. The minimum atomic E-state index is -3.60. The minimum absolute atomic E-state index is 0.0521. The number of nitrogens with one attached hydrogen (secondary N) is 1. The van der Waals surface area contributed by atoms with Crippen LogP contribution in [0.3, 0.4) is 0 Å². The van der Waals surface area contributed by atoms with Gasteiger partial charge in [0, 0.05) is 18.0 Å². The number of rotatable bonds is 9. The van der Waals surface area contributed by atoms with Crippen molar-refractivity contribution >= 4 is 27.8 Å². The van der Waals surface area contributed by atoms with Crippen LogP contribution in [-0.2, 0) is 21.4 Å². The number of aliphatic carboxylic acids is 1.